The van der Waals surface area contributed by atoms with Gasteiger partial charge in [-0.05, 0) is 13.3 Å². The third-order valence-electron chi connectivity index (χ3n) is 4.22. The smallest absolute Gasteiger partial charge is 0.325 e. The Morgan fingerprint density at radius 2 is 1.83 bits per heavy atom. The Kier molecular flexibility index (Phi) is 11.6. The average molecular weight is 378 g/mol. The lowest BCUT2D eigenvalue weighted by Crippen LogP contribution is -2.31. The van der Waals surface area contributed by atoms with Crippen molar-refractivity contribution in [3.63, 3.8) is 0 Å². The van der Waals surface area contributed by atoms with E-state index in [-0.39, 0.29) is 24.0 Å². The van der Waals surface area contributed by atoms with E-state index in [0.29, 0.717) is 13.0 Å². The molecule has 0 saturated carbocycles. The van der Waals surface area contributed by atoms with Crippen LogP contribution in [-0.2, 0) is 9.53 Å². The molecule has 1 rings (SSSR count). The minimum Gasteiger partial charge on any atom is -0.464 e. The van der Waals surface area contributed by atoms with Crippen LogP contribution in [0.25, 0.3) is 0 Å². The van der Waals surface area contributed by atoms with Gasteiger partial charge in [-0.15, -0.1) is 0 Å². The number of nitrogens with zero attached hydrogens (tertiary/aromatic N) is 1. The summed E-state index contributed by atoms with van der Waals surface area (Å²) in [6, 6.07) is 0. The highest BCUT2D eigenvalue weighted by atomic mass is 35.5. The fourth-order valence-corrected chi connectivity index (χ4v) is 4.35. The Balaban J connectivity index is 2.12. The first-order valence-electron chi connectivity index (χ1n) is 9.13. The highest BCUT2D eigenvalue weighted by Crippen LogP contribution is 2.41. The van der Waals surface area contributed by atoms with Gasteiger partial charge in [0.2, 0.25) is 0 Å². The van der Waals surface area contributed by atoms with E-state index in [1.807, 2.05) is 11.8 Å². The van der Waals surface area contributed by atoms with E-state index >= 15 is 0 Å². The van der Waals surface area contributed by atoms with Gasteiger partial charge in [-0.2, -0.15) is 0 Å². The predicted octanol–water partition coefficient (Wildman–Crippen LogP) is 4.86. The topological polar surface area (TPSA) is 49.8 Å². The van der Waals surface area contributed by atoms with E-state index in [0.717, 1.165) is 23.4 Å². The number of rotatable bonds is 13. The quantitative estimate of drug-likeness (QED) is 0.215. The van der Waals surface area contributed by atoms with Gasteiger partial charge in [0, 0.05) is 23.6 Å². The molecule has 0 amide bonds. The molecule has 0 aromatic rings. The first kappa shape index (κ1) is 21.7. The van der Waals surface area contributed by atoms with Crippen molar-refractivity contribution in [3.05, 3.63) is 10.6 Å². The molecule has 1 atom stereocenters. The lowest BCUT2D eigenvalue weighted by Gasteiger charge is -2.22. The summed E-state index contributed by atoms with van der Waals surface area (Å²) in [7, 11) is 0. The number of hydrogen-bond donors (Lipinski definition) is 1. The number of halogens is 1. The number of aliphatic hydroxyl groups excluding tert-OH is 1. The molecule has 1 aliphatic rings. The van der Waals surface area contributed by atoms with Crippen molar-refractivity contribution in [2.24, 2.45) is 0 Å². The Morgan fingerprint density at radius 1 is 1.21 bits per heavy atom. The zero-order valence-corrected chi connectivity index (χ0v) is 16.6. The molecule has 0 bridgehead atoms. The van der Waals surface area contributed by atoms with E-state index in [1.165, 1.54) is 50.3 Å². The maximum atomic E-state index is 12.0. The Hall–Kier alpha value is -0.390. The molecular weight excluding hydrogens is 346 g/mol. The largest absolute Gasteiger partial charge is 0.464 e. The number of ether oxygens (including phenoxy) is 1. The molecule has 1 unspecified atom stereocenters. The molecule has 6 heteroatoms. The number of aliphatic hydroxyl groups is 1. The first-order chi connectivity index (χ1) is 11.6. The number of thioether (sulfide) groups is 1. The van der Waals surface area contributed by atoms with Crippen LogP contribution in [0, 0.1) is 0 Å². The van der Waals surface area contributed by atoms with Gasteiger partial charge in [-0.1, -0.05) is 75.2 Å². The van der Waals surface area contributed by atoms with Gasteiger partial charge in [-0.3, -0.25) is 4.79 Å². The Labute approximate surface area is 156 Å². The second-order valence-corrected chi connectivity index (χ2v) is 8.06. The van der Waals surface area contributed by atoms with Crippen LogP contribution >= 0.6 is 23.4 Å². The van der Waals surface area contributed by atoms with E-state index < -0.39 is 0 Å². The molecule has 24 heavy (non-hydrogen) atoms. The summed E-state index contributed by atoms with van der Waals surface area (Å²) in [5.41, 5.74) is 0.970. The SMILES string of the molecule is CCCCCCCCCCOC(=O)CN1C(C)=C(CCO)SC1Cl. The van der Waals surface area contributed by atoms with Crippen LogP contribution in [-0.4, -0.2) is 40.6 Å². The minimum atomic E-state index is -0.290. The number of unbranched alkanes of at least 4 members (excludes halogenated alkanes) is 7. The number of esters is 1. The fraction of sp³-hybridized carbons (Fsp3) is 0.833. The molecule has 1 aliphatic heterocycles. The second kappa shape index (κ2) is 12.9. The van der Waals surface area contributed by atoms with Gasteiger partial charge >= 0.3 is 5.97 Å². The third kappa shape index (κ3) is 8.13. The maximum Gasteiger partial charge on any atom is 0.325 e. The van der Waals surface area contributed by atoms with Crippen molar-refractivity contribution in [2.75, 3.05) is 19.8 Å². The monoisotopic (exact) mass is 377 g/mol. The molecule has 4 nitrogen and oxygen atoms in total. The van der Waals surface area contributed by atoms with Gasteiger partial charge in [-0.25, -0.2) is 0 Å². The normalized spacial score (nSPS) is 17.7. The van der Waals surface area contributed by atoms with E-state index in [4.69, 9.17) is 21.4 Å². The van der Waals surface area contributed by atoms with Crippen LogP contribution in [0.5, 0.6) is 0 Å². The van der Waals surface area contributed by atoms with Crippen molar-refractivity contribution in [2.45, 2.75) is 76.5 Å². The summed E-state index contributed by atoms with van der Waals surface area (Å²) in [4.78, 5) is 14.6. The molecule has 0 radical (unpaired) electrons. The standard InChI is InChI=1S/C18H32ClNO3S/c1-3-4-5-6-7-8-9-10-13-23-17(22)14-20-15(2)16(11-12-21)24-18(20)19/h18,21H,3-14H2,1-2H3. The number of carbonyl (C=O) groups is 1. The van der Waals surface area contributed by atoms with Crippen molar-refractivity contribution in [3.8, 4) is 0 Å². The van der Waals surface area contributed by atoms with E-state index in [9.17, 15) is 4.79 Å². The molecule has 0 fully saturated rings. The average Bonchev–Trinajstić information content (AvgIpc) is 2.81. The summed E-state index contributed by atoms with van der Waals surface area (Å²) in [5, 5.41) is 9.05. The van der Waals surface area contributed by atoms with Crippen LogP contribution in [0.1, 0.15) is 71.6 Å². The predicted molar refractivity (Wildman–Crippen MR) is 102 cm³/mol. The number of allylic oxidation sites excluding steroid dienone is 1. The maximum absolute atomic E-state index is 12.0. The summed E-state index contributed by atoms with van der Waals surface area (Å²) < 4.78 is 5.32. The fourth-order valence-electron chi connectivity index (χ4n) is 2.72. The zero-order valence-electron chi connectivity index (χ0n) is 15.1. The molecule has 0 aromatic carbocycles. The number of hydrogen-bond acceptors (Lipinski definition) is 5. The third-order valence-corrected chi connectivity index (χ3v) is 5.95. The summed E-state index contributed by atoms with van der Waals surface area (Å²) in [6.07, 6.45) is 10.4. The molecule has 0 aromatic heterocycles. The molecular formula is C18H32ClNO3S. The van der Waals surface area contributed by atoms with E-state index in [2.05, 4.69) is 6.92 Å². The van der Waals surface area contributed by atoms with Gasteiger partial charge < -0.3 is 14.7 Å². The molecule has 0 spiro atoms. The van der Waals surface area contributed by atoms with Gasteiger partial charge in [0.05, 0.1) is 6.61 Å². The lowest BCUT2D eigenvalue weighted by molar-refractivity contribution is -0.144. The molecule has 1 heterocycles. The molecule has 0 aliphatic carbocycles. The van der Waals surface area contributed by atoms with Crippen molar-refractivity contribution in [1.29, 1.82) is 0 Å². The summed E-state index contributed by atoms with van der Waals surface area (Å²) in [6.45, 7) is 4.94. The highest BCUT2D eigenvalue weighted by Gasteiger charge is 2.29. The minimum absolute atomic E-state index is 0.0972. The summed E-state index contributed by atoms with van der Waals surface area (Å²) in [5.74, 6) is -0.228. The van der Waals surface area contributed by atoms with Crippen LogP contribution < -0.4 is 0 Å². The Bertz CT molecular complexity index is 404. The lowest BCUT2D eigenvalue weighted by atomic mass is 10.1. The van der Waals surface area contributed by atoms with Gasteiger partial charge in [0.15, 0.2) is 4.83 Å². The molecule has 0 saturated heterocycles. The molecule has 140 valence electrons. The van der Waals surface area contributed by atoms with Crippen LogP contribution in [0.4, 0.5) is 0 Å². The number of carbonyl (C=O) groups excluding carboxylic acids is 1. The van der Waals surface area contributed by atoms with Gasteiger partial charge in [0.1, 0.15) is 6.54 Å². The highest BCUT2D eigenvalue weighted by molar-refractivity contribution is 8.04. The van der Waals surface area contributed by atoms with Crippen LogP contribution in [0.2, 0.25) is 0 Å². The van der Waals surface area contributed by atoms with Gasteiger partial charge in [0.25, 0.3) is 0 Å². The van der Waals surface area contributed by atoms with Crippen molar-refractivity contribution >= 4 is 29.3 Å². The summed E-state index contributed by atoms with van der Waals surface area (Å²) >= 11 is 7.75. The van der Waals surface area contributed by atoms with Crippen LogP contribution in [0.15, 0.2) is 10.6 Å². The number of alkyl halides is 1. The van der Waals surface area contributed by atoms with Crippen LogP contribution in [0.3, 0.4) is 0 Å². The first-order valence-corrected chi connectivity index (χ1v) is 10.4. The van der Waals surface area contributed by atoms with E-state index in [1.54, 1.807) is 0 Å². The second-order valence-electron chi connectivity index (χ2n) is 6.22. The Morgan fingerprint density at radius 3 is 2.46 bits per heavy atom. The van der Waals surface area contributed by atoms with Crippen molar-refractivity contribution < 1.29 is 14.6 Å². The zero-order chi connectivity index (χ0) is 17.8. The molecule has 1 N–H and O–H groups in total. The van der Waals surface area contributed by atoms with Crippen molar-refractivity contribution in [1.82, 2.24) is 4.90 Å².